The van der Waals surface area contributed by atoms with Gasteiger partial charge in [0.25, 0.3) is 0 Å². The number of benzene rings is 3. The van der Waals surface area contributed by atoms with Gasteiger partial charge in [0, 0.05) is 0 Å². The van der Waals surface area contributed by atoms with Crippen molar-refractivity contribution in [1.29, 1.82) is 0 Å². The van der Waals surface area contributed by atoms with Gasteiger partial charge < -0.3 is 0 Å². The standard InChI is InChI=1S/C28H34NO2P.HI/c1-28(2,3)31-27(30)29-21-19-23(29)20-22-32(24-13-7-4-8-14-24,25-15-9-5-10-16-25)26-17-11-6-12-18-26;/h4-18,23,32H,19-22H2,1-3H3;1H. The molecule has 4 rings (SSSR count). The summed E-state index contributed by atoms with van der Waals surface area (Å²) in [6, 6.07) is 33.2. The third-order valence-electron chi connectivity index (χ3n) is 6.42. The number of carbonyl (C=O) groups excluding carboxylic acids is 1. The van der Waals surface area contributed by atoms with Gasteiger partial charge in [0.2, 0.25) is 0 Å². The third kappa shape index (κ3) is 5.78. The molecule has 0 aromatic heterocycles. The molecule has 1 saturated heterocycles. The molecule has 5 heteroatoms. The molecule has 0 spiro atoms. The van der Waals surface area contributed by atoms with Crippen molar-refractivity contribution in [1.82, 2.24) is 4.90 Å². The first-order chi connectivity index (χ1) is 15.4. The number of ether oxygens (including phenoxy) is 1. The van der Waals surface area contributed by atoms with Crippen LogP contribution in [0.3, 0.4) is 0 Å². The Hall–Kier alpha value is -1.91. The van der Waals surface area contributed by atoms with Gasteiger partial charge in [0.05, 0.1) is 0 Å². The Bertz CT molecular complexity index is 925. The van der Waals surface area contributed by atoms with Crippen LogP contribution in [-0.2, 0) is 4.74 Å². The van der Waals surface area contributed by atoms with Gasteiger partial charge >= 0.3 is 193 Å². The Morgan fingerprint density at radius 1 is 0.848 bits per heavy atom. The van der Waals surface area contributed by atoms with Crippen LogP contribution in [0.25, 0.3) is 0 Å². The Kier molecular flexibility index (Phi) is 8.58. The number of likely N-dealkylation sites (tertiary alicyclic amines) is 1. The van der Waals surface area contributed by atoms with E-state index in [2.05, 4.69) is 91.0 Å². The molecule has 3 aromatic rings. The van der Waals surface area contributed by atoms with Crippen LogP contribution in [0.2, 0.25) is 0 Å². The molecule has 0 bridgehead atoms. The van der Waals surface area contributed by atoms with E-state index in [-0.39, 0.29) is 36.1 Å². The summed E-state index contributed by atoms with van der Waals surface area (Å²) in [5.74, 6) is 0. The van der Waals surface area contributed by atoms with Crippen LogP contribution in [0.4, 0.5) is 4.79 Å². The summed E-state index contributed by atoms with van der Waals surface area (Å²) in [6.07, 6.45) is 2.89. The molecular weight excluding hydrogens is 540 g/mol. The molecule has 1 atom stereocenters. The van der Waals surface area contributed by atoms with Gasteiger partial charge in [-0.3, -0.25) is 0 Å². The molecule has 1 aliphatic heterocycles. The number of hydrogen-bond donors (Lipinski definition) is 0. The second-order valence-corrected chi connectivity index (χ2v) is 13.7. The van der Waals surface area contributed by atoms with Gasteiger partial charge in [-0.2, -0.15) is 0 Å². The number of amides is 1. The number of rotatable bonds is 6. The van der Waals surface area contributed by atoms with Crippen molar-refractivity contribution in [3.05, 3.63) is 91.0 Å². The smallest absolute Gasteiger partial charge is 0.107 e. The average molecular weight is 575 g/mol. The van der Waals surface area contributed by atoms with Crippen molar-refractivity contribution < 1.29 is 9.53 Å². The molecule has 0 radical (unpaired) electrons. The van der Waals surface area contributed by atoms with Crippen LogP contribution in [-0.4, -0.2) is 35.3 Å². The Morgan fingerprint density at radius 2 is 1.27 bits per heavy atom. The van der Waals surface area contributed by atoms with Crippen LogP contribution in [0.15, 0.2) is 91.0 Å². The van der Waals surface area contributed by atoms with Crippen molar-refractivity contribution in [2.45, 2.75) is 45.3 Å². The first-order valence-electron chi connectivity index (χ1n) is 11.6. The summed E-state index contributed by atoms with van der Waals surface area (Å²) in [6.45, 7) is 6.57. The molecule has 1 amide bonds. The predicted octanol–water partition coefficient (Wildman–Crippen LogP) is 5.73. The monoisotopic (exact) mass is 575 g/mol. The molecule has 3 nitrogen and oxygen atoms in total. The Balaban J connectivity index is 0.00000306. The van der Waals surface area contributed by atoms with Crippen LogP contribution < -0.4 is 15.9 Å². The second-order valence-electron chi connectivity index (χ2n) is 9.66. The Morgan fingerprint density at radius 3 is 1.61 bits per heavy atom. The van der Waals surface area contributed by atoms with Crippen molar-refractivity contribution in [2.24, 2.45) is 0 Å². The van der Waals surface area contributed by atoms with Crippen molar-refractivity contribution >= 4 is 53.2 Å². The normalized spacial score (nSPS) is 16.3. The number of nitrogens with zero attached hydrogens (tertiary/aromatic N) is 1. The van der Waals surface area contributed by atoms with E-state index >= 15 is 0 Å². The SMILES string of the molecule is CC(C)(C)OC(=O)N1CCC1CC[PH](c1ccccc1)(c1ccccc1)c1ccccc1.I. The zero-order valence-electron chi connectivity index (χ0n) is 19.7. The van der Waals surface area contributed by atoms with Gasteiger partial charge in [-0.15, -0.1) is 24.0 Å². The van der Waals surface area contributed by atoms with Crippen LogP contribution >= 0.6 is 31.2 Å². The number of hydrogen-bond acceptors (Lipinski definition) is 2. The van der Waals surface area contributed by atoms with E-state index in [0.29, 0.717) is 0 Å². The summed E-state index contributed by atoms with van der Waals surface area (Å²) in [4.78, 5) is 14.6. The Labute approximate surface area is 215 Å². The fraction of sp³-hybridized carbons (Fsp3) is 0.321. The molecule has 0 aliphatic carbocycles. The molecule has 33 heavy (non-hydrogen) atoms. The van der Waals surface area contributed by atoms with Crippen LogP contribution in [0, 0.1) is 0 Å². The summed E-state index contributed by atoms with van der Waals surface area (Å²) < 4.78 is 5.66. The first kappa shape index (κ1) is 25.7. The van der Waals surface area contributed by atoms with E-state index in [9.17, 15) is 4.79 Å². The molecule has 176 valence electrons. The summed E-state index contributed by atoms with van der Waals surface area (Å²) >= 11 is 0. The van der Waals surface area contributed by atoms with E-state index in [1.807, 2.05) is 25.7 Å². The third-order valence-corrected chi connectivity index (χ3v) is 11.4. The maximum atomic E-state index is 12.7. The summed E-state index contributed by atoms with van der Waals surface area (Å²) in [5.41, 5.74) is -0.464. The topological polar surface area (TPSA) is 29.5 Å². The van der Waals surface area contributed by atoms with E-state index in [1.54, 1.807) is 0 Å². The summed E-state index contributed by atoms with van der Waals surface area (Å²) in [5, 5.41) is 4.25. The molecule has 0 N–H and O–H groups in total. The van der Waals surface area contributed by atoms with Gasteiger partial charge in [-0.05, 0) is 0 Å². The maximum Gasteiger partial charge on any atom is -0.107 e. The van der Waals surface area contributed by atoms with E-state index in [1.165, 1.54) is 15.9 Å². The predicted molar refractivity (Wildman–Crippen MR) is 153 cm³/mol. The minimum atomic E-state index is -2.26. The average Bonchev–Trinajstić information content (AvgIpc) is 2.76. The minimum absolute atomic E-state index is 0. The van der Waals surface area contributed by atoms with E-state index in [0.717, 1.165) is 25.5 Å². The zero-order chi connectivity index (χ0) is 22.6. The molecular formula is C28H35INO2P. The summed E-state index contributed by atoms with van der Waals surface area (Å²) in [7, 11) is -2.26. The largest absolute Gasteiger partial charge is 0.107 e. The van der Waals surface area contributed by atoms with Crippen LogP contribution in [0.5, 0.6) is 0 Å². The van der Waals surface area contributed by atoms with E-state index in [4.69, 9.17) is 4.74 Å². The maximum absolute atomic E-state index is 12.7. The van der Waals surface area contributed by atoms with Crippen molar-refractivity contribution in [3.63, 3.8) is 0 Å². The van der Waals surface area contributed by atoms with Crippen molar-refractivity contribution in [3.8, 4) is 0 Å². The quantitative estimate of drug-likeness (QED) is 0.278. The molecule has 1 unspecified atom stereocenters. The first-order valence-corrected chi connectivity index (χ1v) is 13.8. The molecule has 1 heterocycles. The van der Waals surface area contributed by atoms with E-state index < -0.39 is 12.9 Å². The molecule has 1 fully saturated rings. The number of halogens is 1. The zero-order valence-corrected chi connectivity index (χ0v) is 23.1. The minimum Gasteiger partial charge on any atom is -0.107 e. The number of carbonyl (C=O) groups is 1. The van der Waals surface area contributed by atoms with Gasteiger partial charge in [0.15, 0.2) is 0 Å². The molecule has 0 saturated carbocycles. The second kappa shape index (κ2) is 11.0. The molecule has 1 aliphatic rings. The van der Waals surface area contributed by atoms with Crippen LogP contribution in [0.1, 0.15) is 33.6 Å². The van der Waals surface area contributed by atoms with Crippen molar-refractivity contribution in [2.75, 3.05) is 12.7 Å². The fourth-order valence-corrected chi connectivity index (χ4v) is 9.70. The van der Waals surface area contributed by atoms with Gasteiger partial charge in [0.1, 0.15) is 0 Å². The van der Waals surface area contributed by atoms with Gasteiger partial charge in [-0.25, -0.2) is 0 Å². The van der Waals surface area contributed by atoms with Gasteiger partial charge in [-0.1, -0.05) is 0 Å². The fourth-order valence-electron chi connectivity index (χ4n) is 4.79. The molecule has 3 aromatic carbocycles.